The molecule has 0 atom stereocenters. The zero-order chi connectivity index (χ0) is 16.6. The highest BCUT2D eigenvalue weighted by Gasteiger charge is 2.17. The van der Waals surface area contributed by atoms with Gasteiger partial charge in [-0.15, -0.1) is 0 Å². The second-order valence-corrected chi connectivity index (χ2v) is 5.48. The first-order valence-electron chi connectivity index (χ1n) is 6.93. The lowest BCUT2D eigenvalue weighted by Crippen LogP contribution is -2.20. The van der Waals surface area contributed by atoms with Crippen LogP contribution < -0.4 is 4.74 Å². The van der Waals surface area contributed by atoms with Crippen LogP contribution in [-0.2, 0) is 0 Å². The van der Waals surface area contributed by atoms with E-state index >= 15 is 0 Å². The minimum atomic E-state index is -2.68. The zero-order valence-electron chi connectivity index (χ0n) is 12.5. The van der Waals surface area contributed by atoms with Crippen LogP contribution in [0.15, 0.2) is 42.9 Å². The van der Waals surface area contributed by atoms with Crippen molar-refractivity contribution in [2.24, 2.45) is 0 Å². The number of rotatable bonds is 4. The van der Waals surface area contributed by atoms with E-state index in [0.717, 1.165) is 5.56 Å². The van der Waals surface area contributed by atoms with Crippen molar-refractivity contribution in [1.29, 1.82) is 0 Å². The van der Waals surface area contributed by atoms with Crippen molar-refractivity contribution in [3.05, 3.63) is 48.7 Å². The lowest BCUT2D eigenvalue weighted by atomic mass is 10.1. The smallest absolute Gasteiger partial charge is 0.295 e. The van der Waals surface area contributed by atoms with Gasteiger partial charge in [-0.1, -0.05) is 12.1 Å². The monoisotopic (exact) mass is 321 g/mol. The van der Waals surface area contributed by atoms with Crippen LogP contribution in [0.5, 0.6) is 5.75 Å². The zero-order valence-corrected chi connectivity index (χ0v) is 12.5. The Balaban J connectivity index is 1.95. The average Bonchev–Trinajstić information content (AvgIpc) is 2.89. The normalized spacial score (nSPS) is 12.1. The van der Waals surface area contributed by atoms with Crippen molar-refractivity contribution in [2.45, 2.75) is 26.1 Å². The number of benzene rings is 1. The predicted molar refractivity (Wildman–Crippen MR) is 79.2 cm³/mol. The first-order valence-corrected chi connectivity index (χ1v) is 6.93. The Labute approximate surface area is 130 Å². The third-order valence-corrected chi connectivity index (χ3v) is 3.15. The summed E-state index contributed by atoms with van der Waals surface area (Å²) in [5, 5.41) is 0. The van der Waals surface area contributed by atoms with Crippen molar-refractivity contribution in [1.82, 2.24) is 14.4 Å². The minimum absolute atomic E-state index is 0.350. The van der Waals surface area contributed by atoms with Gasteiger partial charge in [-0.05, 0) is 17.7 Å². The van der Waals surface area contributed by atoms with Crippen molar-refractivity contribution < 1.29 is 17.9 Å². The number of imidazole rings is 1. The van der Waals surface area contributed by atoms with E-state index in [1.165, 1.54) is 24.4 Å². The molecule has 0 fully saturated rings. The van der Waals surface area contributed by atoms with Crippen molar-refractivity contribution in [3.63, 3.8) is 0 Å². The predicted octanol–water partition coefficient (Wildman–Crippen LogP) is 4.42. The Kier molecular flexibility index (Phi) is 3.71. The summed E-state index contributed by atoms with van der Waals surface area (Å²) < 4.78 is 45.6. The van der Waals surface area contributed by atoms with Gasteiger partial charge in [0.2, 0.25) is 5.85 Å². The number of hydrogen-bond acceptors (Lipinski definition) is 3. The van der Waals surface area contributed by atoms with Crippen LogP contribution in [0.3, 0.4) is 0 Å². The fraction of sp³-hybridized carbons (Fsp3) is 0.250. The molecular formula is C16H14F3N3O. The Morgan fingerprint density at radius 3 is 2.35 bits per heavy atom. The number of alkyl halides is 3. The summed E-state index contributed by atoms with van der Waals surface area (Å²) in [4.78, 5) is 7.79. The maximum Gasteiger partial charge on any atom is 0.295 e. The van der Waals surface area contributed by atoms with Crippen molar-refractivity contribution >= 4 is 5.65 Å². The Morgan fingerprint density at radius 2 is 1.74 bits per heavy atom. The summed E-state index contributed by atoms with van der Waals surface area (Å²) >= 11 is 0. The molecule has 0 aliphatic heterocycles. The van der Waals surface area contributed by atoms with Crippen molar-refractivity contribution in [2.75, 3.05) is 0 Å². The van der Waals surface area contributed by atoms with Gasteiger partial charge < -0.3 is 4.74 Å². The van der Waals surface area contributed by atoms with Gasteiger partial charge in [-0.3, -0.25) is 4.40 Å². The maximum atomic E-state index is 13.4. The molecule has 3 aromatic rings. The van der Waals surface area contributed by atoms with Gasteiger partial charge >= 0.3 is 0 Å². The van der Waals surface area contributed by atoms with Gasteiger partial charge in [0.1, 0.15) is 5.75 Å². The lowest BCUT2D eigenvalue weighted by Gasteiger charge is -2.17. The molecule has 0 amide bonds. The lowest BCUT2D eigenvalue weighted by molar-refractivity contribution is -0.0256. The summed E-state index contributed by atoms with van der Waals surface area (Å²) in [7, 11) is 0. The third-order valence-electron chi connectivity index (χ3n) is 3.15. The molecule has 0 aliphatic carbocycles. The second kappa shape index (κ2) is 5.57. The summed E-state index contributed by atoms with van der Waals surface area (Å²) in [6.45, 7) is 2.62. The maximum absolute atomic E-state index is 13.4. The molecule has 0 bridgehead atoms. The molecule has 4 nitrogen and oxygen atoms in total. The summed E-state index contributed by atoms with van der Waals surface area (Å²) in [5.74, 6) is -1.75. The van der Waals surface area contributed by atoms with Crippen LogP contribution in [0.2, 0.25) is 0 Å². The van der Waals surface area contributed by atoms with E-state index in [1.807, 2.05) is 0 Å². The number of ether oxygens (including phenoxy) is 1. The molecular weight excluding hydrogens is 307 g/mol. The topological polar surface area (TPSA) is 39.4 Å². The van der Waals surface area contributed by atoms with Crippen LogP contribution in [0.4, 0.5) is 13.2 Å². The molecule has 7 heteroatoms. The molecule has 120 valence electrons. The first kappa shape index (κ1) is 15.3. The highest BCUT2D eigenvalue weighted by atomic mass is 19.3. The number of halogens is 3. The molecule has 2 aromatic heterocycles. The second-order valence-electron chi connectivity index (χ2n) is 5.48. The van der Waals surface area contributed by atoms with Crippen LogP contribution in [0.1, 0.15) is 26.1 Å². The Hall–Kier alpha value is -2.57. The summed E-state index contributed by atoms with van der Waals surface area (Å²) in [6.07, 6.45) is 1.73. The number of hydrogen-bond donors (Lipinski definition) is 0. The molecule has 0 N–H and O–H groups in total. The van der Waals surface area contributed by atoms with E-state index in [1.54, 1.807) is 36.7 Å². The van der Waals surface area contributed by atoms with E-state index in [0.29, 0.717) is 17.0 Å². The Bertz CT molecular complexity index is 823. The van der Waals surface area contributed by atoms with Gasteiger partial charge in [0.05, 0.1) is 6.20 Å². The summed E-state index contributed by atoms with van der Waals surface area (Å²) in [6, 6.07) is 6.65. The van der Waals surface area contributed by atoms with Crippen LogP contribution >= 0.6 is 0 Å². The van der Waals surface area contributed by atoms with Crippen LogP contribution in [0.25, 0.3) is 16.8 Å². The molecule has 0 saturated carbocycles. The molecule has 1 aromatic carbocycles. The number of nitrogens with zero attached hydrogens (tertiary/aromatic N) is 3. The fourth-order valence-electron chi connectivity index (χ4n) is 2.21. The molecule has 3 rings (SSSR count). The van der Waals surface area contributed by atoms with Gasteiger partial charge in [-0.25, -0.2) is 18.7 Å². The minimum Gasteiger partial charge on any atom is -0.459 e. The first-order chi connectivity index (χ1) is 10.8. The van der Waals surface area contributed by atoms with E-state index in [9.17, 15) is 13.2 Å². The largest absolute Gasteiger partial charge is 0.459 e. The molecule has 23 heavy (non-hydrogen) atoms. The number of fused-ring (bicyclic) bond motifs is 1. The van der Waals surface area contributed by atoms with E-state index in [2.05, 4.69) is 9.97 Å². The standard InChI is InChI=1S/C16H14F3N3O/c1-16(2,19)23-12-5-3-10(4-6-12)11-7-20-13-8-21-15(14(17)18)22(13)9-11/h3-9,14H,1-2H3. The molecule has 0 saturated heterocycles. The molecule has 0 aliphatic rings. The van der Waals surface area contributed by atoms with Crippen molar-refractivity contribution in [3.8, 4) is 16.9 Å². The quantitative estimate of drug-likeness (QED) is 0.714. The number of aromatic nitrogens is 3. The highest BCUT2D eigenvalue weighted by Crippen LogP contribution is 2.26. The van der Waals surface area contributed by atoms with E-state index in [-0.39, 0.29) is 5.82 Å². The molecule has 0 spiro atoms. The van der Waals surface area contributed by atoms with E-state index < -0.39 is 12.3 Å². The third kappa shape index (κ3) is 3.28. The average molecular weight is 321 g/mol. The van der Waals surface area contributed by atoms with E-state index in [4.69, 9.17) is 4.74 Å². The van der Waals surface area contributed by atoms with Gasteiger partial charge in [0, 0.05) is 31.8 Å². The Morgan fingerprint density at radius 1 is 1.04 bits per heavy atom. The molecule has 2 heterocycles. The van der Waals surface area contributed by atoms with Gasteiger partial charge in [-0.2, -0.15) is 4.39 Å². The fourth-order valence-corrected chi connectivity index (χ4v) is 2.21. The summed E-state index contributed by atoms with van der Waals surface area (Å²) in [5.41, 5.74) is 1.74. The van der Waals surface area contributed by atoms with Crippen LogP contribution in [0, 0.1) is 0 Å². The molecule has 0 radical (unpaired) electrons. The molecule has 0 unspecified atom stereocenters. The SMILES string of the molecule is CC(C)(F)Oc1ccc(-c2cnc3cnc(C(F)F)n3c2)cc1. The van der Waals surface area contributed by atoms with Crippen LogP contribution in [-0.4, -0.2) is 20.2 Å². The van der Waals surface area contributed by atoms with Gasteiger partial charge in [0.25, 0.3) is 6.43 Å². The van der Waals surface area contributed by atoms with Gasteiger partial charge in [0.15, 0.2) is 11.5 Å². The highest BCUT2D eigenvalue weighted by molar-refractivity contribution is 5.63.